The van der Waals surface area contributed by atoms with Gasteiger partial charge in [-0.3, -0.25) is 9.59 Å². The molecule has 7 nitrogen and oxygen atoms in total. The Balaban J connectivity index is 1.80. The molecule has 7 heteroatoms. The highest BCUT2D eigenvalue weighted by molar-refractivity contribution is 5.76. The van der Waals surface area contributed by atoms with Crippen LogP contribution in [0.5, 0.6) is 0 Å². The number of carbonyl (C=O) groups excluding carboxylic acids is 2. The van der Waals surface area contributed by atoms with E-state index < -0.39 is 40.8 Å². The predicted molar refractivity (Wildman–Crippen MR) is 88.4 cm³/mol. The van der Waals surface area contributed by atoms with Crippen molar-refractivity contribution in [1.82, 2.24) is 0 Å². The molecule has 2 aliphatic carbocycles. The van der Waals surface area contributed by atoms with Crippen molar-refractivity contribution in [3.63, 3.8) is 0 Å². The average Bonchev–Trinajstić information content (AvgIpc) is 3.10. The van der Waals surface area contributed by atoms with Crippen molar-refractivity contribution in [2.45, 2.75) is 70.1 Å². The zero-order valence-electron chi connectivity index (χ0n) is 15.7. The van der Waals surface area contributed by atoms with Gasteiger partial charge in [-0.25, -0.2) is 9.78 Å². The fourth-order valence-corrected chi connectivity index (χ4v) is 5.09. The minimum atomic E-state index is -1.36. The molecule has 0 aromatic heterocycles. The van der Waals surface area contributed by atoms with E-state index in [-0.39, 0.29) is 30.2 Å². The van der Waals surface area contributed by atoms with E-state index in [4.69, 9.17) is 19.2 Å². The number of ether oxygens (including phenoxy) is 2. The lowest BCUT2D eigenvalue weighted by Gasteiger charge is -2.40. The summed E-state index contributed by atoms with van der Waals surface area (Å²) < 4.78 is 11.5. The summed E-state index contributed by atoms with van der Waals surface area (Å²) in [6.45, 7) is 8.81. The van der Waals surface area contributed by atoms with Gasteiger partial charge in [0.15, 0.2) is 5.60 Å². The summed E-state index contributed by atoms with van der Waals surface area (Å²) in [6.07, 6.45) is 2.59. The Hall–Kier alpha value is -1.44. The van der Waals surface area contributed by atoms with Crippen LogP contribution in [0.4, 0.5) is 0 Å². The molecule has 1 saturated carbocycles. The van der Waals surface area contributed by atoms with Crippen LogP contribution in [0.25, 0.3) is 0 Å². The highest BCUT2D eigenvalue weighted by Gasteiger charge is 2.75. The van der Waals surface area contributed by atoms with Crippen LogP contribution in [-0.4, -0.2) is 46.1 Å². The third kappa shape index (κ3) is 2.11. The molecule has 26 heavy (non-hydrogen) atoms. The fourth-order valence-electron chi connectivity index (χ4n) is 5.09. The van der Waals surface area contributed by atoms with Gasteiger partial charge in [0, 0.05) is 12.3 Å². The Kier molecular flexibility index (Phi) is 3.66. The summed E-state index contributed by atoms with van der Waals surface area (Å²) >= 11 is 0. The molecule has 0 amide bonds. The van der Waals surface area contributed by atoms with Crippen molar-refractivity contribution in [2.24, 2.45) is 23.7 Å². The highest BCUT2D eigenvalue weighted by atomic mass is 17.2. The van der Waals surface area contributed by atoms with Crippen molar-refractivity contribution in [1.29, 1.82) is 0 Å². The van der Waals surface area contributed by atoms with Gasteiger partial charge in [-0.05, 0) is 19.9 Å². The van der Waals surface area contributed by atoms with Crippen LogP contribution >= 0.6 is 0 Å². The van der Waals surface area contributed by atoms with Gasteiger partial charge in [0.25, 0.3) is 0 Å². The maximum absolute atomic E-state index is 12.4. The van der Waals surface area contributed by atoms with Gasteiger partial charge in [0.05, 0.1) is 17.8 Å². The van der Waals surface area contributed by atoms with Gasteiger partial charge >= 0.3 is 11.9 Å². The van der Waals surface area contributed by atoms with Crippen molar-refractivity contribution < 1.29 is 33.9 Å². The number of fused-ring (bicyclic) bond motifs is 1. The fraction of sp³-hybridized carbons (Fsp3) is 0.789. The summed E-state index contributed by atoms with van der Waals surface area (Å²) in [6, 6.07) is 0. The SMILES string of the molecule is CC(C)C(=O)O[C@H]1C[C@@](C)(O)[C@@]23C=C[C@@](C)(OO2)[C@@H]3[C@H]2OC(=O)[C@@H](C)[C@@H]21. The van der Waals surface area contributed by atoms with Crippen molar-refractivity contribution in [3.05, 3.63) is 12.2 Å². The Morgan fingerprint density at radius 3 is 2.58 bits per heavy atom. The number of hydrogen-bond donors (Lipinski definition) is 1. The highest BCUT2D eigenvalue weighted by Crippen LogP contribution is 2.62. The first kappa shape index (κ1) is 17.9. The monoisotopic (exact) mass is 366 g/mol. The first-order valence-corrected chi connectivity index (χ1v) is 9.23. The van der Waals surface area contributed by atoms with Crippen molar-refractivity contribution in [2.75, 3.05) is 0 Å². The van der Waals surface area contributed by atoms with E-state index in [2.05, 4.69) is 0 Å². The summed E-state index contributed by atoms with van der Waals surface area (Å²) in [4.78, 5) is 35.9. The standard InChI is InChI=1S/C19H26O7/c1-9(2)15(20)23-11-8-18(5,22)19-7-6-17(4,25-26-19)14(19)13-12(11)10(3)16(21)24-13/h6-7,9-14,22H,8H2,1-5H3/t10-,11-,12+,13-,14-,17+,18+,19-/m0/s1. The average molecular weight is 366 g/mol. The summed E-state index contributed by atoms with van der Waals surface area (Å²) in [7, 11) is 0. The van der Waals surface area contributed by atoms with Gasteiger partial charge in [-0.15, -0.1) is 0 Å². The van der Waals surface area contributed by atoms with E-state index in [9.17, 15) is 14.7 Å². The molecule has 0 aromatic rings. The predicted octanol–water partition coefficient (Wildman–Crippen LogP) is 1.53. The van der Waals surface area contributed by atoms with Crippen LogP contribution in [0.2, 0.25) is 0 Å². The molecule has 4 aliphatic rings. The zero-order chi connectivity index (χ0) is 19.1. The van der Waals surface area contributed by atoms with Crippen LogP contribution < -0.4 is 0 Å². The van der Waals surface area contributed by atoms with Gasteiger partial charge < -0.3 is 14.6 Å². The quantitative estimate of drug-likeness (QED) is 0.450. The maximum atomic E-state index is 12.4. The molecule has 2 bridgehead atoms. The third-order valence-corrected chi connectivity index (χ3v) is 6.62. The molecule has 0 unspecified atom stereocenters. The minimum absolute atomic E-state index is 0.133. The van der Waals surface area contributed by atoms with E-state index >= 15 is 0 Å². The lowest BCUT2D eigenvalue weighted by atomic mass is 9.70. The molecular formula is C19H26O7. The Bertz CT molecular complexity index is 683. The number of carbonyl (C=O) groups is 2. The molecular weight excluding hydrogens is 340 g/mol. The summed E-state index contributed by atoms with van der Waals surface area (Å²) in [5, 5.41) is 11.4. The van der Waals surface area contributed by atoms with Crippen molar-refractivity contribution >= 4 is 11.9 Å². The molecule has 144 valence electrons. The molecule has 2 heterocycles. The van der Waals surface area contributed by atoms with Crippen LogP contribution in [-0.2, 0) is 28.8 Å². The smallest absolute Gasteiger partial charge is 0.309 e. The van der Waals surface area contributed by atoms with E-state index in [1.165, 1.54) is 0 Å². The first-order valence-electron chi connectivity index (χ1n) is 9.23. The normalized spacial score (nSPS) is 51.8. The van der Waals surface area contributed by atoms with Gasteiger partial charge in [0.2, 0.25) is 0 Å². The van der Waals surface area contributed by atoms with Crippen LogP contribution in [0.3, 0.4) is 0 Å². The second kappa shape index (κ2) is 5.30. The molecule has 0 spiro atoms. The summed E-state index contributed by atoms with van der Waals surface area (Å²) in [5.74, 6) is -2.21. The number of rotatable bonds is 2. The van der Waals surface area contributed by atoms with Gasteiger partial charge in [-0.1, -0.05) is 26.8 Å². The third-order valence-electron chi connectivity index (χ3n) is 6.62. The molecule has 4 rings (SSSR count). The van der Waals surface area contributed by atoms with E-state index in [1.807, 2.05) is 19.1 Å². The second-order valence-electron chi connectivity index (χ2n) is 8.83. The number of esters is 2. The van der Waals surface area contributed by atoms with E-state index in [0.717, 1.165) is 0 Å². The molecule has 1 N–H and O–H groups in total. The maximum Gasteiger partial charge on any atom is 0.309 e. The molecule has 0 radical (unpaired) electrons. The van der Waals surface area contributed by atoms with Gasteiger partial charge in [-0.2, -0.15) is 0 Å². The number of aliphatic hydroxyl groups is 1. The Labute approximate surface area is 152 Å². The minimum Gasteiger partial charge on any atom is -0.462 e. The molecule has 2 saturated heterocycles. The van der Waals surface area contributed by atoms with Crippen molar-refractivity contribution in [3.8, 4) is 0 Å². The molecule has 8 atom stereocenters. The second-order valence-corrected chi connectivity index (χ2v) is 8.83. The lowest BCUT2D eigenvalue weighted by Crippen LogP contribution is -2.56. The van der Waals surface area contributed by atoms with Crippen LogP contribution in [0.1, 0.15) is 41.0 Å². The largest absolute Gasteiger partial charge is 0.462 e. The first-order chi connectivity index (χ1) is 12.0. The molecule has 0 aromatic carbocycles. The zero-order valence-corrected chi connectivity index (χ0v) is 15.7. The summed E-state index contributed by atoms with van der Waals surface area (Å²) in [5.41, 5.74) is -3.32. The Morgan fingerprint density at radius 1 is 1.31 bits per heavy atom. The Morgan fingerprint density at radius 2 is 2.00 bits per heavy atom. The number of hydrogen-bond acceptors (Lipinski definition) is 7. The topological polar surface area (TPSA) is 91.3 Å². The van der Waals surface area contributed by atoms with Crippen LogP contribution in [0, 0.1) is 23.7 Å². The van der Waals surface area contributed by atoms with E-state index in [0.29, 0.717) is 0 Å². The van der Waals surface area contributed by atoms with Crippen LogP contribution in [0.15, 0.2) is 12.2 Å². The van der Waals surface area contributed by atoms with Gasteiger partial charge in [0.1, 0.15) is 23.4 Å². The van der Waals surface area contributed by atoms with E-state index in [1.54, 1.807) is 27.7 Å². The molecule has 2 aliphatic heterocycles. The lowest BCUT2D eigenvalue weighted by molar-refractivity contribution is -0.361. The molecule has 3 fully saturated rings.